The number of anilines is 1. The molecule has 2 heterocycles. The highest BCUT2D eigenvalue weighted by molar-refractivity contribution is 6.01. The minimum Gasteiger partial charge on any atom is -0.487 e. The molecule has 0 amide bonds. The molecule has 1 aromatic rings. The van der Waals surface area contributed by atoms with Gasteiger partial charge in [0.05, 0.1) is 31.5 Å². The van der Waals surface area contributed by atoms with Crippen molar-refractivity contribution in [2.45, 2.75) is 26.0 Å². The van der Waals surface area contributed by atoms with Gasteiger partial charge in [0.1, 0.15) is 11.9 Å². The van der Waals surface area contributed by atoms with Crippen LogP contribution in [-0.2, 0) is 4.74 Å². The van der Waals surface area contributed by atoms with E-state index in [9.17, 15) is 4.79 Å². The van der Waals surface area contributed by atoms with Gasteiger partial charge in [-0.1, -0.05) is 0 Å². The standard InChI is InChI=1S/C16H22N2O3/c1-11-10-17-14-9-13(3-4-15(14)21-11)16(19)12(2)18-5-7-20-8-6-18/h3-4,9,11-12,17H,5-8,10H2,1-2H3. The molecule has 1 saturated heterocycles. The lowest BCUT2D eigenvalue weighted by Gasteiger charge is -2.31. The fraction of sp³-hybridized carbons (Fsp3) is 0.562. The lowest BCUT2D eigenvalue weighted by Crippen LogP contribution is -2.45. The summed E-state index contributed by atoms with van der Waals surface area (Å²) in [6, 6.07) is 5.53. The molecule has 2 atom stereocenters. The smallest absolute Gasteiger partial charge is 0.179 e. The average molecular weight is 290 g/mol. The van der Waals surface area contributed by atoms with Crippen molar-refractivity contribution in [1.29, 1.82) is 0 Å². The molecule has 2 aliphatic rings. The number of hydrogen-bond acceptors (Lipinski definition) is 5. The van der Waals surface area contributed by atoms with Crippen LogP contribution in [0.25, 0.3) is 0 Å². The maximum Gasteiger partial charge on any atom is 0.179 e. The normalized spacial score (nSPS) is 23.6. The summed E-state index contributed by atoms with van der Waals surface area (Å²) < 4.78 is 11.1. The Morgan fingerprint density at radius 2 is 2.14 bits per heavy atom. The van der Waals surface area contributed by atoms with E-state index in [-0.39, 0.29) is 17.9 Å². The Labute approximate surface area is 125 Å². The molecule has 0 spiro atoms. The summed E-state index contributed by atoms with van der Waals surface area (Å²) in [5.41, 5.74) is 1.64. The molecule has 0 bridgehead atoms. The molecule has 114 valence electrons. The van der Waals surface area contributed by atoms with E-state index < -0.39 is 0 Å². The van der Waals surface area contributed by atoms with Crippen LogP contribution in [0.3, 0.4) is 0 Å². The van der Waals surface area contributed by atoms with Gasteiger partial charge >= 0.3 is 0 Å². The highest BCUT2D eigenvalue weighted by Crippen LogP contribution is 2.30. The zero-order valence-corrected chi connectivity index (χ0v) is 12.6. The van der Waals surface area contributed by atoms with E-state index in [1.165, 1.54) is 0 Å². The highest BCUT2D eigenvalue weighted by Gasteiger charge is 2.25. The quantitative estimate of drug-likeness (QED) is 0.860. The zero-order chi connectivity index (χ0) is 14.8. The first-order valence-corrected chi connectivity index (χ1v) is 7.56. The van der Waals surface area contributed by atoms with Crippen LogP contribution in [0.5, 0.6) is 5.75 Å². The Morgan fingerprint density at radius 3 is 2.90 bits per heavy atom. The van der Waals surface area contributed by atoms with Crippen LogP contribution < -0.4 is 10.1 Å². The molecule has 2 aliphatic heterocycles. The Morgan fingerprint density at radius 1 is 1.38 bits per heavy atom. The van der Waals surface area contributed by atoms with Gasteiger partial charge in [0.2, 0.25) is 0 Å². The number of fused-ring (bicyclic) bond motifs is 1. The summed E-state index contributed by atoms with van der Waals surface area (Å²) >= 11 is 0. The summed E-state index contributed by atoms with van der Waals surface area (Å²) in [5.74, 6) is 0.976. The maximum atomic E-state index is 12.6. The van der Waals surface area contributed by atoms with E-state index in [0.717, 1.165) is 36.6 Å². The molecular weight excluding hydrogens is 268 g/mol. The SMILES string of the molecule is CC1CNc2cc(C(=O)C(C)N3CCOCC3)ccc2O1. The number of benzene rings is 1. The molecule has 2 unspecified atom stereocenters. The fourth-order valence-corrected chi connectivity index (χ4v) is 2.81. The number of rotatable bonds is 3. The molecule has 5 heteroatoms. The number of carbonyl (C=O) groups is 1. The number of nitrogens with one attached hydrogen (secondary N) is 1. The third-order valence-electron chi connectivity index (χ3n) is 4.15. The summed E-state index contributed by atoms with van der Waals surface area (Å²) in [6.45, 7) is 7.80. The zero-order valence-electron chi connectivity index (χ0n) is 12.6. The van der Waals surface area contributed by atoms with Crippen LogP contribution >= 0.6 is 0 Å². The van der Waals surface area contributed by atoms with Crippen molar-refractivity contribution in [2.24, 2.45) is 0 Å². The lowest BCUT2D eigenvalue weighted by molar-refractivity contribution is 0.0208. The van der Waals surface area contributed by atoms with Gasteiger partial charge in [0, 0.05) is 18.7 Å². The molecule has 3 rings (SSSR count). The predicted octanol–water partition coefficient (Wildman–Crippen LogP) is 1.78. The Kier molecular flexibility index (Phi) is 4.12. The van der Waals surface area contributed by atoms with E-state index in [1.807, 2.05) is 32.0 Å². The predicted molar refractivity (Wildman–Crippen MR) is 81.2 cm³/mol. The first-order chi connectivity index (χ1) is 10.1. The molecule has 0 aliphatic carbocycles. The monoisotopic (exact) mass is 290 g/mol. The van der Waals surface area contributed by atoms with Crippen LogP contribution in [0.1, 0.15) is 24.2 Å². The Balaban J connectivity index is 1.75. The number of carbonyl (C=O) groups excluding carboxylic acids is 1. The average Bonchev–Trinajstić information content (AvgIpc) is 2.53. The molecule has 1 fully saturated rings. The summed E-state index contributed by atoms with van der Waals surface area (Å²) in [7, 11) is 0. The fourth-order valence-electron chi connectivity index (χ4n) is 2.81. The van der Waals surface area contributed by atoms with Gasteiger partial charge in [-0.2, -0.15) is 0 Å². The van der Waals surface area contributed by atoms with E-state index in [1.54, 1.807) is 0 Å². The van der Waals surface area contributed by atoms with Crippen molar-refractivity contribution in [3.05, 3.63) is 23.8 Å². The highest BCUT2D eigenvalue weighted by atomic mass is 16.5. The third-order valence-corrected chi connectivity index (χ3v) is 4.15. The van der Waals surface area contributed by atoms with Crippen LogP contribution in [-0.4, -0.2) is 55.7 Å². The summed E-state index contributed by atoms with van der Waals surface area (Å²) in [4.78, 5) is 14.8. The second-order valence-corrected chi connectivity index (χ2v) is 5.71. The van der Waals surface area contributed by atoms with Crippen LogP contribution in [0, 0.1) is 0 Å². The molecule has 5 nitrogen and oxygen atoms in total. The Bertz CT molecular complexity index is 526. The van der Waals surface area contributed by atoms with Gasteiger partial charge < -0.3 is 14.8 Å². The van der Waals surface area contributed by atoms with Gasteiger partial charge in [0.25, 0.3) is 0 Å². The number of morpholine rings is 1. The van der Waals surface area contributed by atoms with Crippen molar-refractivity contribution in [1.82, 2.24) is 4.90 Å². The molecule has 1 N–H and O–H groups in total. The second-order valence-electron chi connectivity index (χ2n) is 5.71. The first-order valence-electron chi connectivity index (χ1n) is 7.56. The minimum atomic E-state index is -0.115. The lowest BCUT2D eigenvalue weighted by atomic mass is 10.0. The molecular formula is C16H22N2O3. The van der Waals surface area contributed by atoms with Crippen molar-refractivity contribution in [3.8, 4) is 5.75 Å². The molecule has 21 heavy (non-hydrogen) atoms. The van der Waals surface area contributed by atoms with Gasteiger partial charge in [-0.15, -0.1) is 0 Å². The van der Waals surface area contributed by atoms with Crippen molar-refractivity contribution in [3.63, 3.8) is 0 Å². The number of ether oxygens (including phenoxy) is 2. The van der Waals surface area contributed by atoms with Gasteiger partial charge in [-0.3, -0.25) is 9.69 Å². The molecule has 0 aromatic heterocycles. The van der Waals surface area contributed by atoms with E-state index in [4.69, 9.17) is 9.47 Å². The summed E-state index contributed by atoms with van der Waals surface area (Å²) in [6.07, 6.45) is 0.159. The maximum absolute atomic E-state index is 12.6. The van der Waals surface area contributed by atoms with Gasteiger partial charge in [0.15, 0.2) is 5.78 Å². The number of ketones is 1. The topological polar surface area (TPSA) is 50.8 Å². The van der Waals surface area contributed by atoms with E-state index in [0.29, 0.717) is 13.2 Å². The molecule has 0 saturated carbocycles. The van der Waals surface area contributed by atoms with Crippen LogP contribution in [0.4, 0.5) is 5.69 Å². The number of hydrogen-bond donors (Lipinski definition) is 1. The Hall–Kier alpha value is -1.59. The molecule has 0 radical (unpaired) electrons. The second kappa shape index (κ2) is 6.03. The van der Waals surface area contributed by atoms with Crippen LogP contribution in [0.2, 0.25) is 0 Å². The third kappa shape index (κ3) is 3.04. The van der Waals surface area contributed by atoms with Crippen molar-refractivity contribution >= 4 is 11.5 Å². The summed E-state index contributed by atoms with van der Waals surface area (Å²) in [5, 5.41) is 3.32. The van der Waals surface area contributed by atoms with E-state index >= 15 is 0 Å². The number of nitrogens with zero attached hydrogens (tertiary/aromatic N) is 1. The molecule has 1 aromatic carbocycles. The first kappa shape index (κ1) is 14.4. The van der Waals surface area contributed by atoms with Crippen molar-refractivity contribution in [2.75, 3.05) is 38.2 Å². The van der Waals surface area contributed by atoms with E-state index in [2.05, 4.69) is 10.2 Å². The van der Waals surface area contributed by atoms with Gasteiger partial charge in [-0.25, -0.2) is 0 Å². The minimum absolute atomic E-state index is 0.115. The van der Waals surface area contributed by atoms with Crippen molar-refractivity contribution < 1.29 is 14.3 Å². The van der Waals surface area contributed by atoms with Crippen LogP contribution in [0.15, 0.2) is 18.2 Å². The largest absolute Gasteiger partial charge is 0.487 e. The van der Waals surface area contributed by atoms with Gasteiger partial charge in [-0.05, 0) is 32.0 Å². The number of Topliss-reactive ketones (excluding diaryl/α,β-unsaturated/α-hetero) is 1.